The number of hydrogen-bond donors (Lipinski definition) is 1. The average Bonchev–Trinajstić information content (AvgIpc) is 3.11. The largest absolute Gasteiger partial charge is 0.453 e. The second kappa shape index (κ2) is 9.49. The number of nitrogens with zero attached hydrogens (tertiary/aromatic N) is 3. The van der Waals surface area contributed by atoms with Gasteiger partial charge < -0.3 is 29.3 Å². The van der Waals surface area contributed by atoms with Gasteiger partial charge in [-0.15, -0.1) is 0 Å². The Morgan fingerprint density at radius 3 is 2.50 bits per heavy atom. The maximum Gasteiger partial charge on any atom is 0.414 e. The zero-order valence-corrected chi connectivity index (χ0v) is 18.7. The monoisotopic (exact) mass is 452 g/mol. The van der Waals surface area contributed by atoms with Gasteiger partial charge in [0, 0.05) is 26.2 Å². The van der Waals surface area contributed by atoms with Crippen LogP contribution in [0.2, 0.25) is 0 Å². The van der Waals surface area contributed by atoms with Crippen LogP contribution < -0.4 is 15.1 Å². The Bertz CT molecular complexity index is 866. The normalized spacial score (nSPS) is 19.0. The Hall–Kier alpha value is -3.24. The van der Waals surface area contributed by atoms with E-state index in [9.17, 15) is 18.8 Å². The SMILES string of the molecule is COC(=O)NC[C@H]1CN(c2ccc(N3CCN(C(=O)OC(C)(C)C)CC3)c(F)c2)C(=O)O1. The van der Waals surface area contributed by atoms with Gasteiger partial charge in [0.05, 0.1) is 31.6 Å². The smallest absolute Gasteiger partial charge is 0.414 e. The van der Waals surface area contributed by atoms with Gasteiger partial charge in [-0.2, -0.15) is 0 Å². The Balaban J connectivity index is 1.58. The lowest BCUT2D eigenvalue weighted by Gasteiger charge is -2.37. The summed E-state index contributed by atoms with van der Waals surface area (Å²) in [7, 11) is 1.24. The highest BCUT2D eigenvalue weighted by molar-refractivity contribution is 5.90. The molecule has 176 valence electrons. The minimum Gasteiger partial charge on any atom is -0.453 e. The van der Waals surface area contributed by atoms with Gasteiger partial charge in [0.2, 0.25) is 0 Å². The Morgan fingerprint density at radius 2 is 1.91 bits per heavy atom. The molecule has 0 aromatic heterocycles. The van der Waals surface area contributed by atoms with Crippen molar-refractivity contribution in [1.82, 2.24) is 10.2 Å². The third kappa shape index (κ3) is 5.71. The molecule has 1 aromatic carbocycles. The van der Waals surface area contributed by atoms with Crippen LogP contribution in [-0.4, -0.2) is 81.3 Å². The minimum absolute atomic E-state index is 0.0946. The summed E-state index contributed by atoms with van der Waals surface area (Å²) in [6, 6.07) is 4.55. The van der Waals surface area contributed by atoms with Crippen LogP contribution in [0.4, 0.5) is 30.1 Å². The standard InChI is InChI=1S/C21H29FN4O6/c1-21(2,3)32-19(28)25-9-7-24(8-10-25)17-6-5-14(11-16(17)22)26-13-15(31-20(26)29)12-23-18(27)30-4/h5-6,11,15H,7-10,12-13H2,1-4H3,(H,23,27)/t15-/m0/s1. The fourth-order valence-electron chi connectivity index (χ4n) is 3.48. The highest BCUT2D eigenvalue weighted by atomic mass is 19.1. The Kier molecular flexibility index (Phi) is 6.95. The minimum atomic E-state index is -0.623. The Morgan fingerprint density at radius 1 is 1.22 bits per heavy atom. The van der Waals surface area contributed by atoms with Crippen LogP contribution in [0.15, 0.2) is 18.2 Å². The summed E-state index contributed by atoms with van der Waals surface area (Å²) in [5, 5.41) is 2.47. The first kappa shape index (κ1) is 23.4. The molecule has 0 saturated carbocycles. The van der Waals surface area contributed by atoms with E-state index in [1.165, 1.54) is 18.1 Å². The first-order valence-corrected chi connectivity index (χ1v) is 10.4. The van der Waals surface area contributed by atoms with E-state index in [-0.39, 0.29) is 19.2 Å². The molecule has 0 radical (unpaired) electrons. The summed E-state index contributed by atoms with van der Waals surface area (Å²) in [4.78, 5) is 40.3. The molecule has 0 bridgehead atoms. The fraction of sp³-hybridized carbons (Fsp3) is 0.571. The molecule has 2 fully saturated rings. The van der Waals surface area contributed by atoms with Crippen molar-refractivity contribution < 1.29 is 33.0 Å². The summed E-state index contributed by atoms with van der Waals surface area (Å²) in [6.07, 6.45) is -2.18. The fourth-order valence-corrected chi connectivity index (χ4v) is 3.48. The molecule has 10 nitrogen and oxygen atoms in total. The number of cyclic esters (lactones) is 1. The number of carbonyl (C=O) groups is 3. The summed E-state index contributed by atoms with van der Waals surface area (Å²) < 4.78 is 30.0. The van der Waals surface area contributed by atoms with Gasteiger partial charge in [-0.1, -0.05) is 0 Å². The third-order valence-electron chi connectivity index (χ3n) is 5.05. The molecular weight excluding hydrogens is 423 g/mol. The van der Waals surface area contributed by atoms with Gasteiger partial charge in [0.15, 0.2) is 0 Å². The lowest BCUT2D eigenvalue weighted by molar-refractivity contribution is 0.0240. The van der Waals surface area contributed by atoms with Crippen molar-refractivity contribution in [3.63, 3.8) is 0 Å². The molecule has 1 atom stereocenters. The molecule has 0 spiro atoms. The molecule has 2 aliphatic heterocycles. The predicted molar refractivity (Wildman–Crippen MR) is 114 cm³/mol. The Labute approximate surface area is 186 Å². The van der Waals surface area contributed by atoms with Gasteiger partial charge in [0.25, 0.3) is 0 Å². The van der Waals surface area contributed by atoms with Gasteiger partial charge in [-0.25, -0.2) is 18.8 Å². The van der Waals surface area contributed by atoms with Crippen molar-refractivity contribution in [2.75, 3.05) is 56.2 Å². The van der Waals surface area contributed by atoms with E-state index in [1.54, 1.807) is 17.0 Å². The molecule has 0 unspecified atom stereocenters. The maximum absolute atomic E-state index is 14.9. The van der Waals surface area contributed by atoms with Crippen molar-refractivity contribution in [2.24, 2.45) is 0 Å². The molecule has 2 heterocycles. The van der Waals surface area contributed by atoms with E-state index in [2.05, 4.69) is 10.1 Å². The van der Waals surface area contributed by atoms with Crippen molar-refractivity contribution in [1.29, 1.82) is 0 Å². The molecule has 1 N–H and O–H groups in total. The van der Waals surface area contributed by atoms with Crippen molar-refractivity contribution in [3.05, 3.63) is 24.0 Å². The predicted octanol–water partition coefficient (Wildman–Crippen LogP) is 2.56. The van der Waals surface area contributed by atoms with Gasteiger partial charge >= 0.3 is 18.3 Å². The van der Waals surface area contributed by atoms with Gasteiger partial charge in [0.1, 0.15) is 17.5 Å². The number of nitrogens with one attached hydrogen (secondary N) is 1. The zero-order chi connectivity index (χ0) is 23.5. The lowest BCUT2D eigenvalue weighted by Crippen LogP contribution is -2.50. The van der Waals surface area contributed by atoms with E-state index in [0.29, 0.717) is 37.6 Å². The van der Waals surface area contributed by atoms with Crippen LogP contribution in [0.3, 0.4) is 0 Å². The highest BCUT2D eigenvalue weighted by Crippen LogP contribution is 2.28. The van der Waals surface area contributed by atoms with Crippen LogP contribution >= 0.6 is 0 Å². The summed E-state index contributed by atoms with van der Waals surface area (Å²) >= 11 is 0. The highest BCUT2D eigenvalue weighted by Gasteiger charge is 2.33. The van der Waals surface area contributed by atoms with Crippen LogP contribution in [0, 0.1) is 5.82 Å². The molecule has 32 heavy (non-hydrogen) atoms. The van der Waals surface area contributed by atoms with Crippen LogP contribution in [-0.2, 0) is 14.2 Å². The van der Waals surface area contributed by atoms with E-state index >= 15 is 0 Å². The number of methoxy groups -OCH3 is 1. The first-order chi connectivity index (χ1) is 15.1. The number of piperazine rings is 1. The van der Waals surface area contributed by atoms with Crippen molar-refractivity contribution >= 4 is 29.7 Å². The molecule has 11 heteroatoms. The lowest BCUT2D eigenvalue weighted by atomic mass is 10.2. The molecule has 0 aliphatic carbocycles. The number of halogens is 1. The van der Waals surface area contributed by atoms with E-state index < -0.39 is 29.7 Å². The average molecular weight is 452 g/mol. The molecule has 2 aliphatic rings. The number of anilines is 2. The number of carbonyl (C=O) groups excluding carboxylic acids is 3. The quantitative estimate of drug-likeness (QED) is 0.701. The van der Waals surface area contributed by atoms with Gasteiger partial charge in [-0.05, 0) is 39.0 Å². The van der Waals surface area contributed by atoms with Gasteiger partial charge in [-0.3, -0.25) is 4.90 Å². The number of amides is 3. The summed E-state index contributed by atoms with van der Waals surface area (Å²) in [6.45, 7) is 7.47. The molecular formula is C21H29FN4O6. The van der Waals surface area contributed by atoms with Crippen molar-refractivity contribution in [3.8, 4) is 0 Å². The van der Waals surface area contributed by atoms with E-state index in [1.807, 2.05) is 25.7 Å². The van der Waals surface area contributed by atoms with Crippen LogP contribution in [0.25, 0.3) is 0 Å². The van der Waals surface area contributed by atoms with Crippen LogP contribution in [0.5, 0.6) is 0 Å². The molecule has 3 rings (SSSR count). The summed E-state index contributed by atoms with van der Waals surface area (Å²) in [5.41, 5.74) is 0.194. The number of hydrogen-bond acceptors (Lipinski definition) is 7. The first-order valence-electron chi connectivity index (χ1n) is 10.4. The van der Waals surface area contributed by atoms with Crippen molar-refractivity contribution in [2.45, 2.75) is 32.5 Å². The molecule has 3 amide bonds. The molecule has 1 aromatic rings. The molecule has 2 saturated heterocycles. The summed E-state index contributed by atoms with van der Waals surface area (Å²) in [5.74, 6) is -0.475. The number of alkyl carbamates (subject to hydrolysis) is 1. The zero-order valence-electron chi connectivity index (χ0n) is 18.7. The van der Waals surface area contributed by atoms with E-state index in [4.69, 9.17) is 9.47 Å². The number of ether oxygens (including phenoxy) is 3. The second-order valence-corrected chi connectivity index (χ2v) is 8.58. The topological polar surface area (TPSA) is 101 Å². The van der Waals surface area contributed by atoms with E-state index in [0.717, 1.165) is 0 Å². The second-order valence-electron chi connectivity index (χ2n) is 8.58. The maximum atomic E-state index is 14.9. The number of benzene rings is 1. The third-order valence-corrected chi connectivity index (χ3v) is 5.05. The van der Waals surface area contributed by atoms with Crippen LogP contribution in [0.1, 0.15) is 20.8 Å². The number of rotatable bonds is 4.